The van der Waals surface area contributed by atoms with Crippen LogP contribution in [-0.2, 0) is 0 Å². The molecule has 0 bridgehead atoms. The molecule has 0 fully saturated rings. The molecule has 0 atom stereocenters. The van der Waals surface area contributed by atoms with E-state index in [-0.39, 0.29) is 0 Å². The zero-order chi connectivity index (χ0) is 12.5. The number of nitrogens with zero attached hydrogens (tertiary/aromatic N) is 5. The molecule has 1 N–H and O–H groups in total. The second-order valence-electron chi connectivity index (χ2n) is 3.78. The molecule has 90 valence electrons. The summed E-state index contributed by atoms with van der Waals surface area (Å²) in [6.07, 6.45) is 1.71. The van der Waals surface area contributed by atoms with Crippen LogP contribution in [0.1, 0.15) is 5.56 Å². The predicted octanol–water partition coefficient (Wildman–Crippen LogP) is 2.12. The molecule has 1 aromatic carbocycles. The SMILES string of the molecule is Cc1ccccc1-n1ncc(-c2nn[nH]n2)c1Br. The van der Waals surface area contributed by atoms with E-state index in [2.05, 4.69) is 41.7 Å². The first-order chi connectivity index (χ1) is 8.77. The molecule has 0 amide bonds. The third kappa shape index (κ3) is 1.72. The Morgan fingerprint density at radius 2 is 2.11 bits per heavy atom. The van der Waals surface area contributed by atoms with Crippen LogP contribution < -0.4 is 0 Å². The van der Waals surface area contributed by atoms with Gasteiger partial charge >= 0.3 is 0 Å². The maximum Gasteiger partial charge on any atom is 0.209 e. The Morgan fingerprint density at radius 1 is 1.28 bits per heavy atom. The van der Waals surface area contributed by atoms with Crippen molar-refractivity contribution in [2.75, 3.05) is 0 Å². The minimum atomic E-state index is 0.515. The Bertz CT molecular complexity index is 673. The van der Waals surface area contributed by atoms with Crippen molar-refractivity contribution in [1.82, 2.24) is 30.4 Å². The second-order valence-corrected chi connectivity index (χ2v) is 4.53. The van der Waals surface area contributed by atoms with Crippen LogP contribution in [0.3, 0.4) is 0 Å². The third-order valence-corrected chi connectivity index (χ3v) is 3.40. The Labute approximate surface area is 111 Å². The molecule has 0 aliphatic heterocycles. The van der Waals surface area contributed by atoms with E-state index in [1.54, 1.807) is 10.9 Å². The van der Waals surface area contributed by atoms with Crippen LogP contribution in [-0.4, -0.2) is 30.4 Å². The molecular weight excluding hydrogens is 296 g/mol. The van der Waals surface area contributed by atoms with Crippen LogP contribution in [0.5, 0.6) is 0 Å². The number of hydrogen-bond donors (Lipinski definition) is 1. The number of aromatic amines is 1. The molecule has 7 heteroatoms. The van der Waals surface area contributed by atoms with E-state index in [4.69, 9.17) is 0 Å². The van der Waals surface area contributed by atoms with Crippen LogP contribution in [0.15, 0.2) is 35.1 Å². The average molecular weight is 305 g/mol. The van der Waals surface area contributed by atoms with Gasteiger partial charge in [0.05, 0.1) is 17.4 Å². The number of nitrogens with one attached hydrogen (secondary N) is 1. The molecule has 18 heavy (non-hydrogen) atoms. The fourth-order valence-electron chi connectivity index (χ4n) is 1.73. The van der Waals surface area contributed by atoms with E-state index in [0.29, 0.717) is 5.82 Å². The van der Waals surface area contributed by atoms with Crippen molar-refractivity contribution in [3.63, 3.8) is 0 Å². The highest BCUT2D eigenvalue weighted by Gasteiger charge is 2.15. The first-order valence-corrected chi connectivity index (χ1v) is 6.10. The van der Waals surface area contributed by atoms with Gasteiger partial charge < -0.3 is 0 Å². The van der Waals surface area contributed by atoms with Gasteiger partial charge in [-0.25, -0.2) is 4.68 Å². The summed E-state index contributed by atoms with van der Waals surface area (Å²) < 4.78 is 2.61. The molecule has 3 rings (SSSR count). The van der Waals surface area contributed by atoms with Crippen molar-refractivity contribution >= 4 is 15.9 Å². The average Bonchev–Trinajstić information content (AvgIpc) is 2.99. The molecule has 0 radical (unpaired) electrons. The Morgan fingerprint density at radius 3 is 2.83 bits per heavy atom. The molecule has 0 saturated carbocycles. The highest BCUT2D eigenvalue weighted by molar-refractivity contribution is 9.10. The number of aromatic nitrogens is 6. The summed E-state index contributed by atoms with van der Waals surface area (Å²) in [7, 11) is 0. The topological polar surface area (TPSA) is 72.3 Å². The van der Waals surface area contributed by atoms with Crippen molar-refractivity contribution in [2.24, 2.45) is 0 Å². The lowest BCUT2D eigenvalue weighted by atomic mass is 10.2. The third-order valence-electron chi connectivity index (χ3n) is 2.64. The number of tetrazole rings is 1. The van der Waals surface area contributed by atoms with Gasteiger partial charge in [-0.05, 0) is 39.7 Å². The quantitative estimate of drug-likeness (QED) is 0.787. The fourth-order valence-corrected chi connectivity index (χ4v) is 2.29. The molecule has 0 spiro atoms. The summed E-state index contributed by atoms with van der Waals surface area (Å²) in [6, 6.07) is 8.02. The summed E-state index contributed by atoms with van der Waals surface area (Å²) in [6.45, 7) is 2.04. The normalized spacial score (nSPS) is 10.8. The highest BCUT2D eigenvalue weighted by Crippen LogP contribution is 2.28. The smallest absolute Gasteiger partial charge is 0.209 e. The first-order valence-electron chi connectivity index (χ1n) is 5.30. The van der Waals surface area contributed by atoms with Gasteiger partial charge in [0.15, 0.2) is 0 Å². The number of rotatable bonds is 2. The molecular formula is C11H9BrN6. The van der Waals surface area contributed by atoms with Crippen molar-refractivity contribution in [3.8, 4) is 17.1 Å². The fraction of sp³-hybridized carbons (Fsp3) is 0.0909. The van der Waals surface area contributed by atoms with Gasteiger partial charge in [-0.15, -0.1) is 10.2 Å². The van der Waals surface area contributed by atoms with Crippen LogP contribution in [0, 0.1) is 6.92 Å². The largest absolute Gasteiger partial charge is 0.226 e. The summed E-state index contributed by atoms with van der Waals surface area (Å²) in [5.74, 6) is 0.515. The number of para-hydroxylation sites is 1. The number of benzene rings is 1. The Hall–Kier alpha value is -2.02. The van der Waals surface area contributed by atoms with Gasteiger partial charge in [0.1, 0.15) is 4.60 Å². The van der Waals surface area contributed by atoms with Gasteiger partial charge in [0.2, 0.25) is 5.82 Å². The zero-order valence-electron chi connectivity index (χ0n) is 9.50. The van der Waals surface area contributed by atoms with Crippen LogP contribution in [0.25, 0.3) is 17.1 Å². The van der Waals surface area contributed by atoms with Crippen molar-refractivity contribution in [2.45, 2.75) is 6.92 Å². The van der Waals surface area contributed by atoms with Gasteiger partial charge in [0, 0.05) is 0 Å². The summed E-state index contributed by atoms with van der Waals surface area (Å²) in [5, 5.41) is 18.2. The number of hydrogen-bond acceptors (Lipinski definition) is 4. The molecule has 2 heterocycles. The monoisotopic (exact) mass is 304 g/mol. The lowest BCUT2D eigenvalue weighted by Gasteiger charge is -2.06. The standard InChI is InChI=1S/C11H9BrN6/c1-7-4-2-3-5-9(7)18-10(12)8(6-13-18)11-14-16-17-15-11/h2-6H,1H3,(H,14,15,16,17). The number of H-pyrrole nitrogens is 1. The van der Waals surface area contributed by atoms with E-state index < -0.39 is 0 Å². The zero-order valence-corrected chi connectivity index (χ0v) is 11.1. The van der Waals surface area contributed by atoms with Gasteiger partial charge in [-0.2, -0.15) is 10.3 Å². The number of aryl methyl sites for hydroxylation is 1. The van der Waals surface area contributed by atoms with E-state index in [1.165, 1.54) is 0 Å². The van der Waals surface area contributed by atoms with Crippen molar-refractivity contribution in [3.05, 3.63) is 40.6 Å². The van der Waals surface area contributed by atoms with E-state index in [1.807, 2.05) is 31.2 Å². The lowest BCUT2D eigenvalue weighted by Crippen LogP contribution is -1.98. The maximum atomic E-state index is 4.35. The van der Waals surface area contributed by atoms with Crippen LogP contribution in [0.4, 0.5) is 0 Å². The molecule has 0 saturated heterocycles. The maximum absolute atomic E-state index is 4.35. The van der Waals surface area contributed by atoms with E-state index in [9.17, 15) is 0 Å². The Balaban J connectivity index is 2.14. The summed E-state index contributed by atoms with van der Waals surface area (Å²) in [5.41, 5.74) is 2.95. The first kappa shape index (κ1) is 11.1. The van der Waals surface area contributed by atoms with Crippen LogP contribution >= 0.6 is 15.9 Å². The van der Waals surface area contributed by atoms with Gasteiger partial charge in [-0.1, -0.05) is 18.2 Å². The minimum Gasteiger partial charge on any atom is -0.226 e. The van der Waals surface area contributed by atoms with Gasteiger partial charge in [-0.3, -0.25) is 0 Å². The molecule has 2 aromatic heterocycles. The van der Waals surface area contributed by atoms with Crippen LogP contribution in [0.2, 0.25) is 0 Å². The Kier molecular flexibility index (Phi) is 2.67. The van der Waals surface area contributed by atoms with Crippen molar-refractivity contribution in [1.29, 1.82) is 0 Å². The minimum absolute atomic E-state index is 0.515. The molecule has 0 unspecified atom stereocenters. The predicted molar refractivity (Wildman–Crippen MR) is 69.2 cm³/mol. The molecule has 0 aliphatic rings. The number of halogens is 1. The molecule has 6 nitrogen and oxygen atoms in total. The summed E-state index contributed by atoms with van der Waals surface area (Å²) >= 11 is 3.52. The lowest BCUT2D eigenvalue weighted by molar-refractivity contribution is 0.853. The van der Waals surface area contributed by atoms with Gasteiger partial charge in [0.25, 0.3) is 0 Å². The van der Waals surface area contributed by atoms with E-state index in [0.717, 1.165) is 21.4 Å². The molecule has 0 aliphatic carbocycles. The second kappa shape index (κ2) is 4.34. The molecule has 3 aromatic rings. The van der Waals surface area contributed by atoms with Crippen molar-refractivity contribution < 1.29 is 0 Å². The summed E-state index contributed by atoms with van der Waals surface area (Å²) in [4.78, 5) is 0. The van der Waals surface area contributed by atoms with E-state index >= 15 is 0 Å². The highest BCUT2D eigenvalue weighted by atomic mass is 79.9.